The molecule has 1 aliphatic heterocycles. The second-order valence-corrected chi connectivity index (χ2v) is 4.41. The summed E-state index contributed by atoms with van der Waals surface area (Å²) in [5.41, 5.74) is 1.31. The molecule has 1 aromatic carbocycles. The molecule has 0 bridgehead atoms. The highest BCUT2D eigenvalue weighted by atomic mass is 35.5. The number of hydrogen-bond acceptors (Lipinski definition) is 3. The number of rotatable bonds is 1. The monoisotopic (exact) mass is 293 g/mol. The van der Waals surface area contributed by atoms with E-state index in [9.17, 15) is 18.7 Å². The topological polar surface area (TPSA) is 58.6 Å². The molecule has 106 valence electrons. The summed E-state index contributed by atoms with van der Waals surface area (Å²) in [6.45, 7) is 2.28. The Bertz CT molecular complexity index is 485. The molecule has 0 spiro atoms. The molecule has 1 saturated heterocycles. The van der Waals surface area contributed by atoms with Crippen LogP contribution in [0.25, 0.3) is 0 Å². The Labute approximate surface area is 115 Å². The number of phenolic OH excluding ortho intramolecular Hbond substituents is 1. The standard InChI is InChI=1S/C12H13F2NO3.ClH/c1-6-3-8(16)4-7(2)9(6)10-12(13,14)5-18-11(17)15-10;/h3-4,10,16H,5H2,1-2H3,(H,15,17);1H/t10-;/m1./s1. The number of benzene rings is 1. The van der Waals surface area contributed by atoms with Gasteiger partial charge in [-0.1, -0.05) is 0 Å². The van der Waals surface area contributed by atoms with Gasteiger partial charge in [0.15, 0.2) is 6.61 Å². The Hall–Kier alpha value is -1.56. The highest BCUT2D eigenvalue weighted by molar-refractivity contribution is 5.85. The first-order valence-corrected chi connectivity index (χ1v) is 5.42. The van der Waals surface area contributed by atoms with Crippen molar-refractivity contribution in [2.24, 2.45) is 0 Å². The van der Waals surface area contributed by atoms with Crippen LogP contribution in [0.1, 0.15) is 22.7 Å². The molecule has 0 unspecified atom stereocenters. The zero-order chi connectivity index (χ0) is 13.5. The van der Waals surface area contributed by atoms with Gasteiger partial charge in [0, 0.05) is 0 Å². The van der Waals surface area contributed by atoms with Crippen LogP contribution in [-0.2, 0) is 4.74 Å². The molecular weight excluding hydrogens is 280 g/mol. The van der Waals surface area contributed by atoms with Crippen molar-refractivity contribution >= 4 is 18.5 Å². The van der Waals surface area contributed by atoms with Crippen molar-refractivity contribution in [2.45, 2.75) is 25.8 Å². The molecule has 19 heavy (non-hydrogen) atoms. The largest absolute Gasteiger partial charge is 0.508 e. The average Bonchev–Trinajstić information content (AvgIpc) is 2.22. The molecule has 1 aromatic rings. The van der Waals surface area contributed by atoms with E-state index in [1.165, 1.54) is 12.1 Å². The third kappa shape index (κ3) is 2.89. The first kappa shape index (κ1) is 15.5. The molecule has 1 heterocycles. The molecule has 1 amide bonds. The number of nitrogens with one attached hydrogen (secondary N) is 1. The summed E-state index contributed by atoms with van der Waals surface area (Å²) in [4.78, 5) is 11.1. The minimum atomic E-state index is -3.18. The molecule has 0 saturated carbocycles. The van der Waals surface area contributed by atoms with Gasteiger partial charge in [0.1, 0.15) is 11.8 Å². The van der Waals surface area contributed by atoms with Crippen LogP contribution in [0.2, 0.25) is 0 Å². The summed E-state index contributed by atoms with van der Waals surface area (Å²) in [5, 5.41) is 11.5. The lowest BCUT2D eigenvalue weighted by molar-refractivity contribution is -0.104. The van der Waals surface area contributed by atoms with E-state index >= 15 is 0 Å². The van der Waals surface area contributed by atoms with Gasteiger partial charge in [-0.2, -0.15) is 0 Å². The van der Waals surface area contributed by atoms with Crippen LogP contribution in [0, 0.1) is 13.8 Å². The Kier molecular flexibility index (Phi) is 4.25. The second kappa shape index (κ2) is 5.21. The van der Waals surface area contributed by atoms with Gasteiger partial charge in [-0.05, 0) is 42.7 Å². The van der Waals surface area contributed by atoms with Crippen molar-refractivity contribution in [2.75, 3.05) is 6.61 Å². The molecule has 0 aromatic heterocycles. The minimum absolute atomic E-state index is 0. The van der Waals surface area contributed by atoms with Crippen molar-refractivity contribution in [1.82, 2.24) is 5.32 Å². The van der Waals surface area contributed by atoms with E-state index in [0.717, 1.165) is 0 Å². The van der Waals surface area contributed by atoms with E-state index in [0.29, 0.717) is 16.7 Å². The van der Waals surface area contributed by atoms with E-state index < -0.39 is 24.7 Å². The number of phenols is 1. The normalized spacial score (nSPS) is 21.1. The summed E-state index contributed by atoms with van der Waals surface area (Å²) < 4.78 is 31.9. The predicted molar refractivity (Wildman–Crippen MR) is 67.0 cm³/mol. The number of carbonyl (C=O) groups excluding carboxylic acids is 1. The van der Waals surface area contributed by atoms with Crippen molar-refractivity contribution in [3.8, 4) is 5.75 Å². The quantitative estimate of drug-likeness (QED) is 0.837. The fourth-order valence-corrected chi connectivity index (χ4v) is 2.20. The van der Waals surface area contributed by atoms with Gasteiger partial charge < -0.3 is 15.2 Å². The lowest BCUT2D eigenvalue weighted by atomic mass is 9.91. The Morgan fingerprint density at radius 2 is 1.89 bits per heavy atom. The number of alkyl halides is 2. The summed E-state index contributed by atoms with van der Waals surface area (Å²) in [5.74, 6) is -3.17. The van der Waals surface area contributed by atoms with Gasteiger partial charge in [-0.15, -0.1) is 12.4 Å². The van der Waals surface area contributed by atoms with Crippen LogP contribution in [0.5, 0.6) is 5.75 Å². The van der Waals surface area contributed by atoms with E-state index in [1.54, 1.807) is 13.8 Å². The van der Waals surface area contributed by atoms with Crippen LogP contribution >= 0.6 is 12.4 Å². The molecule has 2 rings (SSSR count). The molecule has 2 N–H and O–H groups in total. The maximum Gasteiger partial charge on any atom is 0.408 e. The van der Waals surface area contributed by atoms with Crippen LogP contribution < -0.4 is 5.32 Å². The first-order chi connectivity index (χ1) is 8.31. The van der Waals surface area contributed by atoms with Crippen LogP contribution in [-0.4, -0.2) is 23.7 Å². The number of aryl methyl sites for hydroxylation is 2. The predicted octanol–water partition coefficient (Wildman–Crippen LogP) is 2.85. The Morgan fingerprint density at radius 3 is 2.42 bits per heavy atom. The highest BCUT2D eigenvalue weighted by Crippen LogP contribution is 2.38. The number of aromatic hydroxyl groups is 1. The van der Waals surface area contributed by atoms with Gasteiger partial charge in [-0.25, -0.2) is 13.6 Å². The fraction of sp³-hybridized carbons (Fsp3) is 0.417. The maximum atomic E-state index is 13.8. The number of ether oxygens (including phenoxy) is 1. The first-order valence-electron chi connectivity index (χ1n) is 5.42. The third-order valence-corrected chi connectivity index (χ3v) is 2.95. The van der Waals surface area contributed by atoms with Gasteiger partial charge in [0.2, 0.25) is 0 Å². The summed E-state index contributed by atoms with van der Waals surface area (Å²) in [7, 11) is 0. The lowest BCUT2D eigenvalue weighted by Gasteiger charge is -2.33. The number of hydrogen-bond donors (Lipinski definition) is 2. The summed E-state index contributed by atoms with van der Waals surface area (Å²) in [6, 6.07) is 1.35. The lowest BCUT2D eigenvalue weighted by Crippen LogP contribution is -2.50. The second-order valence-electron chi connectivity index (χ2n) is 4.41. The number of cyclic esters (lactones) is 1. The van der Waals surface area contributed by atoms with E-state index in [2.05, 4.69) is 10.1 Å². The molecule has 0 aliphatic carbocycles. The Morgan fingerprint density at radius 1 is 1.37 bits per heavy atom. The Balaban J connectivity index is 0.00000180. The molecule has 7 heteroatoms. The van der Waals surface area contributed by atoms with E-state index in [1.807, 2.05) is 0 Å². The maximum absolute atomic E-state index is 13.8. The molecule has 4 nitrogen and oxygen atoms in total. The summed E-state index contributed by atoms with van der Waals surface area (Å²) in [6.07, 6.45) is -0.863. The van der Waals surface area contributed by atoms with Crippen molar-refractivity contribution in [3.63, 3.8) is 0 Å². The SMILES string of the molecule is Cc1cc(O)cc(C)c1[C@H]1NC(=O)OCC1(F)F.Cl. The zero-order valence-corrected chi connectivity index (χ0v) is 11.2. The molecule has 1 aliphatic rings. The van der Waals surface area contributed by atoms with Gasteiger partial charge in [0.25, 0.3) is 0 Å². The van der Waals surface area contributed by atoms with Crippen molar-refractivity contribution in [1.29, 1.82) is 0 Å². The van der Waals surface area contributed by atoms with Crippen molar-refractivity contribution in [3.05, 3.63) is 28.8 Å². The summed E-state index contributed by atoms with van der Waals surface area (Å²) >= 11 is 0. The number of alkyl carbamates (subject to hydrolysis) is 1. The van der Waals surface area contributed by atoms with E-state index in [4.69, 9.17) is 0 Å². The molecular formula is C12H14ClF2NO3. The van der Waals surface area contributed by atoms with Gasteiger partial charge in [-0.3, -0.25) is 0 Å². The van der Waals surface area contributed by atoms with Crippen LogP contribution in [0.4, 0.5) is 13.6 Å². The number of amides is 1. The number of halogens is 3. The third-order valence-electron chi connectivity index (χ3n) is 2.95. The molecule has 0 radical (unpaired) electrons. The zero-order valence-electron chi connectivity index (χ0n) is 10.4. The fourth-order valence-electron chi connectivity index (χ4n) is 2.20. The van der Waals surface area contributed by atoms with Crippen LogP contribution in [0.15, 0.2) is 12.1 Å². The average molecular weight is 294 g/mol. The van der Waals surface area contributed by atoms with Crippen LogP contribution in [0.3, 0.4) is 0 Å². The molecule has 1 atom stereocenters. The number of carbonyl (C=O) groups is 1. The van der Waals surface area contributed by atoms with Gasteiger partial charge >= 0.3 is 12.0 Å². The highest BCUT2D eigenvalue weighted by Gasteiger charge is 2.47. The van der Waals surface area contributed by atoms with Crippen molar-refractivity contribution < 1.29 is 23.4 Å². The smallest absolute Gasteiger partial charge is 0.408 e. The van der Waals surface area contributed by atoms with E-state index in [-0.39, 0.29) is 18.2 Å². The molecule has 1 fully saturated rings. The minimum Gasteiger partial charge on any atom is -0.508 e. The van der Waals surface area contributed by atoms with Gasteiger partial charge in [0.05, 0.1) is 0 Å².